The van der Waals surface area contributed by atoms with Crippen molar-refractivity contribution in [1.82, 2.24) is 0 Å². The van der Waals surface area contributed by atoms with Gasteiger partial charge in [-0.3, -0.25) is 0 Å². The van der Waals surface area contributed by atoms with E-state index in [0.29, 0.717) is 0 Å². The van der Waals surface area contributed by atoms with Crippen LogP contribution in [0.15, 0.2) is 127 Å². The molecule has 4 aliphatic rings. The lowest BCUT2D eigenvalue weighted by Gasteiger charge is -2.47. The van der Waals surface area contributed by atoms with Gasteiger partial charge in [-0.15, -0.1) is 0 Å². The molecule has 5 aromatic rings. The Morgan fingerprint density at radius 1 is 0.836 bits per heavy atom. The van der Waals surface area contributed by atoms with E-state index in [9.17, 15) is 0 Å². The van der Waals surface area contributed by atoms with Crippen LogP contribution in [0.25, 0.3) is 27.8 Å². The summed E-state index contributed by atoms with van der Waals surface area (Å²) in [6.07, 6.45) is 13.2. The molecule has 5 aromatic carbocycles. The summed E-state index contributed by atoms with van der Waals surface area (Å²) in [5.41, 5.74) is 26.3. The van der Waals surface area contributed by atoms with Crippen molar-refractivity contribution in [3.8, 4) is 11.1 Å². The van der Waals surface area contributed by atoms with E-state index in [1.165, 1.54) is 111 Å². The van der Waals surface area contributed by atoms with Crippen LogP contribution in [-0.2, 0) is 10.2 Å². The molecule has 1 nitrogen and oxygen atoms in total. The minimum Gasteiger partial charge on any atom is -0.310 e. The first-order valence-corrected chi connectivity index (χ1v) is 20.4. The fourth-order valence-electron chi connectivity index (χ4n) is 10.4. The first kappa shape index (κ1) is 35.7. The minimum atomic E-state index is -0.308. The topological polar surface area (TPSA) is 3.24 Å². The maximum absolute atomic E-state index is 5.17. The Bertz CT molecular complexity index is 2620. The summed E-state index contributed by atoms with van der Waals surface area (Å²) in [5, 5.41) is 0. The normalized spacial score (nSPS) is 16.5. The van der Waals surface area contributed by atoms with Crippen LogP contribution in [0.3, 0.4) is 0 Å². The van der Waals surface area contributed by atoms with E-state index < -0.39 is 0 Å². The molecule has 0 saturated heterocycles. The van der Waals surface area contributed by atoms with Crippen molar-refractivity contribution in [3.63, 3.8) is 0 Å². The van der Waals surface area contributed by atoms with Gasteiger partial charge in [0.25, 0.3) is 0 Å². The second-order valence-electron chi connectivity index (χ2n) is 17.0. The summed E-state index contributed by atoms with van der Waals surface area (Å²) in [6.45, 7) is 22.7. The van der Waals surface area contributed by atoms with Crippen molar-refractivity contribution >= 4 is 69.5 Å². The highest BCUT2D eigenvalue weighted by molar-refractivity contribution is 7.81. The maximum atomic E-state index is 5.17. The molecule has 1 aliphatic carbocycles. The second-order valence-corrected chi connectivity index (χ2v) is 18.1. The highest BCUT2D eigenvalue weighted by Crippen LogP contribution is 2.53. The molecular formula is C52H50BNS. The van der Waals surface area contributed by atoms with Gasteiger partial charge in [-0.1, -0.05) is 135 Å². The summed E-state index contributed by atoms with van der Waals surface area (Å²) in [6, 6.07) is 32.7. The number of aryl methyl sites for hydroxylation is 1. The van der Waals surface area contributed by atoms with Gasteiger partial charge in [0.2, 0.25) is 6.71 Å². The summed E-state index contributed by atoms with van der Waals surface area (Å²) in [5.74, 6) is 0. The zero-order valence-corrected chi connectivity index (χ0v) is 34.5. The van der Waals surface area contributed by atoms with Gasteiger partial charge >= 0.3 is 0 Å². The molecule has 0 fully saturated rings. The van der Waals surface area contributed by atoms with E-state index in [2.05, 4.69) is 176 Å². The van der Waals surface area contributed by atoms with Crippen molar-refractivity contribution in [1.29, 1.82) is 0 Å². The fraction of sp³-hybridized carbons (Fsp3) is 0.231. The monoisotopic (exact) mass is 731 g/mol. The van der Waals surface area contributed by atoms with Crippen LogP contribution < -0.4 is 21.3 Å². The smallest absolute Gasteiger partial charge is 0.248 e. The van der Waals surface area contributed by atoms with E-state index in [-0.39, 0.29) is 16.9 Å². The van der Waals surface area contributed by atoms with Crippen LogP contribution in [0.5, 0.6) is 0 Å². The number of nitrogens with zero attached hydrogens (tertiary/aromatic N) is 1. The van der Waals surface area contributed by atoms with Gasteiger partial charge in [0.05, 0.1) is 5.69 Å². The molecule has 0 N–H and O–H groups in total. The van der Waals surface area contributed by atoms with Crippen molar-refractivity contribution in [2.24, 2.45) is 0 Å². The Balaban J connectivity index is 1.42. The lowest BCUT2D eigenvalue weighted by Crippen LogP contribution is -2.65. The molecule has 9 rings (SSSR count). The third-order valence-electron chi connectivity index (χ3n) is 13.0. The van der Waals surface area contributed by atoms with Crippen LogP contribution in [0.4, 0.5) is 17.1 Å². The van der Waals surface area contributed by atoms with E-state index in [1.54, 1.807) is 0 Å². The molecule has 0 bridgehead atoms. The van der Waals surface area contributed by atoms with Crippen LogP contribution in [0.1, 0.15) is 98.9 Å². The van der Waals surface area contributed by atoms with Crippen molar-refractivity contribution in [2.75, 3.05) is 4.90 Å². The SMILES string of the molecule is C=C/C(=C(C)\C=C/C)c1ccccc1-c1ccc2c(c1C)B1c3c(C)cc(C(C)(C)S)cc3N3c4ccccc4C4=C(C=CCC4)c4ccc(c1c43)C2(C)C. The predicted octanol–water partition coefficient (Wildman–Crippen LogP) is 12.2. The fourth-order valence-corrected chi connectivity index (χ4v) is 10.5. The maximum Gasteiger partial charge on any atom is 0.248 e. The second kappa shape index (κ2) is 12.8. The average molecular weight is 732 g/mol. The van der Waals surface area contributed by atoms with Gasteiger partial charge in [-0.25, -0.2) is 0 Å². The van der Waals surface area contributed by atoms with Crippen molar-refractivity contribution in [2.45, 2.75) is 78.4 Å². The first-order chi connectivity index (χ1) is 26.4. The molecular weight excluding hydrogens is 681 g/mol. The zero-order valence-electron chi connectivity index (χ0n) is 33.6. The van der Waals surface area contributed by atoms with Crippen LogP contribution >= 0.6 is 12.6 Å². The number of anilines is 3. The molecule has 0 aromatic heterocycles. The van der Waals surface area contributed by atoms with E-state index in [0.717, 1.165) is 12.8 Å². The zero-order chi connectivity index (χ0) is 38.6. The molecule has 272 valence electrons. The third kappa shape index (κ3) is 5.15. The van der Waals surface area contributed by atoms with Crippen LogP contribution in [-0.4, -0.2) is 6.71 Å². The quantitative estimate of drug-likeness (QED) is 0.105. The van der Waals surface area contributed by atoms with Gasteiger partial charge in [0.15, 0.2) is 0 Å². The predicted molar refractivity (Wildman–Crippen MR) is 244 cm³/mol. The third-order valence-corrected chi connectivity index (χ3v) is 13.2. The van der Waals surface area contributed by atoms with Crippen molar-refractivity contribution in [3.05, 3.63) is 172 Å². The highest BCUT2D eigenvalue weighted by atomic mass is 32.1. The summed E-state index contributed by atoms with van der Waals surface area (Å²) in [7, 11) is 0. The number of rotatable bonds is 5. The average Bonchev–Trinajstić information content (AvgIpc) is 3.29. The Hall–Kier alpha value is -4.99. The molecule has 0 amide bonds. The molecule has 3 aliphatic heterocycles. The van der Waals surface area contributed by atoms with E-state index in [4.69, 9.17) is 12.6 Å². The molecule has 0 saturated carbocycles. The molecule has 3 heterocycles. The van der Waals surface area contributed by atoms with Gasteiger partial charge in [0, 0.05) is 32.7 Å². The van der Waals surface area contributed by atoms with E-state index >= 15 is 0 Å². The van der Waals surface area contributed by atoms with Crippen LogP contribution in [0.2, 0.25) is 0 Å². The number of hydrogen-bond acceptors (Lipinski definition) is 2. The number of benzene rings is 5. The minimum absolute atomic E-state index is 0.0597. The van der Waals surface area contributed by atoms with Crippen LogP contribution in [0, 0.1) is 13.8 Å². The Morgan fingerprint density at radius 3 is 2.25 bits per heavy atom. The summed E-state index contributed by atoms with van der Waals surface area (Å²) in [4.78, 5) is 2.65. The molecule has 0 unspecified atom stereocenters. The lowest BCUT2D eigenvalue weighted by molar-refractivity contribution is 0.645. The largest absolute Gasteiger partial charge is 0.310 e. The lowest BCUT2D eigenvalue weighted by atomic mass is 9.28. The van der Waals surface area contributed by atoms with Crippen molar-refractivity contribution < 1.29 is 0 Å². The standard InChI is InChI=1S/C52H50BNS/c1-10-18-31(3)35(11-2)37-19-12-13-20-38(37)36-25-27-43-48(33(36)5)53-47-32(4)29-34(52(8,9)55)30-46(47)54-45-24-17-16-23-41(45)39-21-14-15-22-40(39)42-26-28-44(51(43,6)7)49(53)50(42)54/h10-13,15-20,22-30,55H,2,14,21H2,1,3-9H3/b18-10-,35-31+. The number of fused-ring (bicyclic) bond motifs is 9. The molecule has 3 heteroatoms. The Labute approximate surface area is 334 Å². The highest BCUT2D eigenvalue weighted by Gasteiger charge is 2.49. The molecule has 0 radical (unpaired) electrons. The molecule has 0 atom stereocenters. The number of hydrogen-bond donors (Lipinski definition) is 1. The Morgan fingerprint density at radius 2 is 1.53 bits per heavy atom. The molecule has 0 spiro atoms. The van der Waals surface area contributed by atoms with Gasteiger partial charge in [-0.05, 0) is 139 Å². The molecule has 55 heavy (non-hydrogen) atoms. The summed E-state index contributed by atoms with van der Waals surface area (Å²) < 4.78 is -0.308. The number of para-hydroxylation sites is 1. The van der Waals surface area contributed by atoms with Gasteiger partial charge in [0.1, 0.15) is 0 Å². The van der Waals surface area contributed by atoms with Gasteiger partial charge < -0.3 is 4.90 Å². The van der Waals surface area contributed by atoms with Gasteiger partial charge in [-0.2, -0.15) is 12.6 Å². The van der Waals surface area contributed by atoms with E-state index in [1.807, 2.05) is 6.08 Å². The first-order valence-electron chi connectivity index (χ1n) is 19.9. The Kier molecular flexibility index (Phi) is 8.30. The summed E-state index contributed by atoms with van der Waals surface area (Å²) >= 11 is 5.17. The number of allylic oxidation sites excluding steroid dienone is 9. The number of thiol groups is 1.